The Morgan fingerprint density at radius 1 is 0.805 bits per heavy atom. The molecule has 0 saturated heterocycles. The molecule has 0 amide bonds. The van der Waals surface area contributed by atoms with Crippen LogP contribution in [0.3, 0.4) is 0 Å². The Morgan fingerprint density at radius 3 is 1.68 bits per heavy atom. The summed E-state index contributed by atoms with van der Waals surface area (Å²) in [4.78, 5) is 23.1. The molecule has 2 aromatic carbocycles. The zero-order chi connectivity index (χ0) is 30.6. The van der Waals surface area contributed by atoms with Gasteiger partial charge in [-0.2, -0.15) is 0 Å². The molecule has 0 unspecified atom stereocenters. The fourth-order valence-electron chi connectivity index (χ4n) is 3.13. The molecule has 236 valence electrons. The van der Waals surface area contributed by atoms with E-state index >= 15 is 0 Å². The summed E-state index contributed by atoms with van der Waals surface area (Å²) in [7, 11) is 3.23. The third kappa shape index (κ3) is 23.8. The lowest BCUT2D eigenvalue weighted by Crippen LogP contribution is -2.36. The highest BCUT2D eigenvalue weighted by Gasteiger charge is 2.09. The number of phenols is 1. The van der Waals surface area contributed by atoms with Crippen molar-refractivity contribution in [2.45, 2.75) is 54.1 Å². The standard InChI is InChI=1S/C11H14O4.C8H19N.C7H6O2.C4H9ClO2.CH4/c1-13-6-7-14-9-15-11-5-3-2-4-10(11)8-12;1-6-9(7(2)3)8(4)5;8-5-6-3-1-2-4-7(6)9;1-6-2-3-7-4-5;/h2-5,8H,6-7,9H2,1H3;7-8H,6H2,1-5H3;1-5,9H;2-4H2,1H3;1H4. The van der Waals surface area contributed by atoms with Crippen LogP contribution in [0.5, 0.6) is 11.5 Å². The van der Waals surface area contributed by atoms with Gasteiger partial charge in [0.25, 0.3) is 0 Å². The molecular formula is C31H52ClNO8. The van der Waals surface area contributed by atoms with Crippen LogP contribution in [0.2, 0.25) is 0 Å². The number of ether oxygens (including phenoxy) is 5. The number of alkyl halides is 1. The molecule has 0 aliphatic carbocycles. The molecule has 0 bridgehead atoms. The minimum Gasteiger partial charge on any atom is -0.507 e. The summed E-state index contributed by atoms with van der Waals surface area (Å²) >= 11 is 5.16. The van der Waals surface area contributed by atoms with Crippen LogP contribution in [-0.2, 0) is 18.9 Å². The number of hydrogen-bond donors (Lipinski definition) is 1. The Hall–Kier alpha value is -2.53. The van der Waals surface area contributed by atoms with Crippen LogP contribution in [0.4, 0.5) is 0 Å². The normalized spacial score (nSPS) is 9.83. The molecule has 0 aliphatic heterocycles. The summed E-state index contributed by atoms with van der Waals surface area (Å²) < 4.78 is 24.6. The van der Waals surface area contributed by atoms with Crippen LogP contribution in [0.15, 0.2) is 48.5 Å². The topological polar surface area (TPSA) is 104 Å². The van der Waals surface area contributed by atoms with Crippen molar-refractivity contribution in [1.29, 1.82) is 0 Å². The molecule has 0 aromatic heterocycles. The number of rotatable bonds is 15. The van der Waals surface area contributed by atoms with Gasteiger partial charge in [-0.15, -0.1) is 0 Å². The molecule has 0 fully saturated rings. The van der Waals surface area contributed by atoms with Gasteiger partial charge in [0.2, 0.25) is 0 Å². The zero-order valence-corrected chi connectivity index (χ0v) is 25.8. The van der Waals surface area contributed by atoms with Crippen molar-refractivity contribution >= 4 is 24.2 Å². The second kappa shape index (κ2) is 30.4. The molecule has 2 aromatic rings. The molecule has 0 heterocycles. The first kappa shape index (κ1) is 42.9. The number of carbonyl (C=O) groups excluding carboxylic acids is 2. The molecule has 0 aliphatic rings. The number of hydrogen-bond acceptors (Lipinski definition) is 9. The van der Waals surface area contributed by atoms with Gasteiger partial charge in [0.1, 0.15) is 17.6 Å². The van der Waals surface area contributed by atoms with E-state index in [4.69, 9.17) is 35.7 Å². The van der Waals surface area contributed by atoms with Gasteiger partial charge in [-0.05, 0) is 58.5 Å². The van der Waals surface area contributed by atoms with E-state index in [2.05, 4.69) is 44.3 Å². The lowest BCUT2D eigenvalue weighted by molar-refractivity contribution is -0.00866. The summed E-state index contributed by atoms with van der Waals surface area (Å²) in [6.07, 6.45) is 1.37. The summed E-state index contributed by atoms with van der Waals surface area (Å²) in [6.45, 7) is 14.6. The fraction of sp³-hybridized carbons (Fsp3) is 0.548. The number of benzene rings is 2. The van der Waals surface area contributed by atoms with Gasteiger partial charge in [-0.3, -0.25) is 14.5 Å². The average molecular weight is 602 g/mol. The van der Waals surface area contributed by atoms with Crippen molar-refractivity contribution in [3.8, 4) is 11.5 Å². The lowest BCUT2D eigenvalue weighted by atomic mass is 10.2. The van der Waals surface area contributed by atoms with E-state index < -0.39 is 0 Å². The van der Waals surface area contributed by atoms with E-state index in [0.29, 0.717) is 61.7 Å². The maximum absolute atomic E-state index is 10.6. The average Bonchev–Trinajstić information content (AvgIpc) is 2.95. The van der Waals surface area contributed by atoms with Gasteiger partial charge in [0.15, 0.2) is 19.4 Å². The molecule has 0 saturated carbocycles. The maximum Gasteiger partial charge on any atom is 0.189 e. The van der Waals surface area contributed by atoms with Gasteiger partial charge in [-0.1, -0.05) is 50.2 Å². The second-order valence-corrected chi connectivity index (χ2v) is 8.74. The van der Waals surface area contributed by atoms with E-state index in [1.807, 2.05) is 0 Å². The number of halogens is 1. The monoisotopic (exact) mass is 601 g/mol. The van der Waals surface area contributed by atoms with Crippen LogP contribution >= 0.6 is 11.6 Å². The summed E-state index contributed by atoms with van der Waals surface area (Å²) in [5.74, 6) is 0.567. The largest absolute Gasteiger partial charge is 0.507 e. The van der Waals surface area contributed by atoms with Gasteiger partial charge in [0.05, 0.1) is 37.6 Å². The first-order valence-electron chi connectivity index (χ1n) is 13.1. The van der Waals surface area contributed by atoms with Crippen LogP contribution in [0.25, 0.3) is 0 Å². The van der Waals surface area contributed by atoms with Gasteiger partial charge < -0.3 is 28.8 Å². The predicted octanol–water partition coefficient (Wildman–Crippen LogP) is 6.31. The van der Waals surface area contributed by atoms with Crippen molar-refractivity contribution in [3.63, 3.8) is 0 Å². The Morgan fingerprint density at radius 2 is 1.29 bits per heavy atom. The van der Waals surface area contributed by atoms with Crippen molar-refractivity contribution < 1.29 is 38.4 Å². The Bertz CT molecular complexity index is 856. The third-order valence-corrected chi connectivity index (χ3v) is 5.19. The third-order valence-electron chi connectivity index (χ3n) is 5.04. The number of aldehydes is 2. The van der Waals surface area contributed by atoms with E-state index in [-0.39, 0.29) is 26.0 Å². The van der Waals surface area contributed by atoms with Crippen LogP contribution in [-0.4, -0.2) is 94.7 Å². The Labute approximate surface area is 252 Å². The molecule has 9 nitrogen and oxygen atoms in total. The number of nitrogens with zero attached hydrogens (tertiary/aromatic N) is 1. The highest BCUT2D eigenvalue weighted by atomic mass is 35.5. The van der Waals surface area contributed by atoms with Crippen LogP contribution in [0.1, 0.15) is 62.8 Å². The molecule has 1 N–H and O–H groups in total. The minimum atomic E-state index is 0. The van der Waals surface area contributed by atoms with Gasteiger partial charge in [-0.25, -0.2) is 0 Å². The molecule has 41 heavy (non-hydrogen) atoms. The fourth-order valence-corrected chi connectivity index (χ4v) is 3.24. The Kier molecular flexibility index (Phi) is 31.9. The first-order valence-corrected chi connectivity index (χ1v) is 13.6. The molecule has 0 spiro atoms. The Balaban J connectivity index is -0.000000488. The van der Waals surface area contributed by atoms with Gasteiger partial charge in [0, 0.05) is 26.3 Å². The minimum absolute atomic E-state index is 0. The number of methoxy groups -OCH3 is 2. The second-order valence-electron chi connectivity index (χ2n) is 8.52. The molecular weight excluding hydrogens is 550 g/mol. The molecule has 0 radical (unpaired) electrons. The molecule has 2 rings (SSSR count). The maximum atomic E-state index is 10.6. The lowest BCUT2D eigenvalue weighted by Gasteiger charge is -2.28. The van der Waals surface area contributed by atoms with Crippen molar-refractivity contribution in [2.75, 3.05) is 60.1 Å². The van der Waals surface area contributed by atoms with E-state index in [9.17, 15) is 9.59 Å². The van der Waals surface area contributed by atoms with Crippen LogP contribution in [0, 0.1) is 0 Å². The number of carbonyl (C=O) groups is 2. The smallest absolute Gasteiger partial charge is 0.189 e. The van der Waals surface area contributed by atoms with E-state index in [1.165, 1.54) is 6.07 Å². The number of phenolic OH excluding ortho intramolecular Hbond substituents is 1. The highest BCUT2D eigenvalue weighted by Crippen LogP contribution is 2.15. The number of para-hydroxylation sites is 2. The van der Waals surface area contributed by atoms with Gasteiger partial charge >= 0.3 is 0 Å². The molecule has 10 heteroatoms. The van der Waals surface area contributed by atoms with Crippen molar-refractivity contribution in [3.05, 3.63) is 59.7 Å². The first-order chi connectivity index (χ1) is 19.2. The highest BCUT2D eigenvalue weighted by molar-refractivity contribution is 6.17. The van der Waals surface area contributed by atoms with E-state index in [0.717, 1.165) is 12.8 Å². The summed E-state index contributed by atoms with van der Waals surface area (Å²) in [5, 5.41) is 8.88. The summed E-state index contributed by atoms with van der Waals surface area (Å²) in [6, 6.07) is 15.0. The van der Waals surface area contributed by atoms with Crippen molar-refractivity contribution in [2.24, 2.45) is 0 Å². The molecule has 0 atom stereocenters. The quantitative estimate of drug-likeness (QED) is 0.109. The number of aromatic hydroxyl groups is 1. The summed E-state index contributed by atoms with van der Waals surface area (Å²) in [5.41, 5.74) is 0.852. The SMILES string of the molecule is C.CCN(C(C)C)C(C)C.COCCOCCl.COCCOCOc1ccccc1C=O.O=Cc1ccccc1O. The van der Waals surface area contributed by atoms with E-state index in [1.54, 1.807) is 56.7 Å². The predicted molar refractivity (Wildman–Crippen MR) is 167 cm³/mol. The van der Waals surface area contributed by atoms with Crippen molar-refractivity contribution in [1.82, 2.24) is 4.90 Å². The van der Waals surface area contributed by atoms with Crippen LogP contribution < -0.4 is 4.74 Å². The zero-order valence-electron chi connectivity index (χ0n) is 25.0.